The van der Waals surface area contributed by atoms with Gasteiger partial charge >= 0.3 is 5.97 Å². The SMILES string of the molecule is CC(=O)OC(C1CCC2C(O1)C(=O)C1C3CCC4C(C)(C)C(OC5CN(Cc6ccccc6)CCO5)CCC45C(C)C35CCC21C)C(C)(C)O.O. The number of carbonyl (C=O) groups is 2. The summed E-state index contributed by atoms with van der Waals surface area (Å²) in [5.41, 5.74) is 0.454. The third-order valence-electron chi connectivity index (χ3n) is 16.0. The number of morpholine rings is 1. The molecule has 0 aromatic heterocycles. The summed E-state index contributed by atoms with van der Waals surface area (Å²) in [4.78, 5) is 29.2. The summed E-state index contributed by atoms with van der Waals surface area (Å²) in [6, 6.07) is 10.7. The van der Waals surface area contributed by atoms with E-state index >= 15 is 0 Å². The highest BCUT2D eigenvalue weighted by Crippen LogP contribution is 2.89. The standard InChI is InChI=1S/C42H61NO7.H2O/c1-25-41-20-19-40(7)29-13-15-30(37(39(5,6)46)48-26(2)44)49-36(29)35(45)34(40)28(41)14-16-31-38(3,4)32(17-18-42(25,31)41)50-33-24-43(21-22-47-33)23-27-11-9-8-10-12-27;/h8-12,25,28-34,36-37,46H,13-24H2,1-7H3;1H2. The smallest absolute Gasteiger partial charge is 0.303 e. The number of rotatable bonds is 7. The van der Waals surface area contributed by atoms with Gasteiger partial charge in [0.1, 0.15) is 6.10 Å². The van der Waals surface area contributed by atoms with Crippen molar-refractivity contribution in [1.82, 2.24) is 4.90 Å². The number of ketones is 1. The summed E-state index contributed by atoms with van der Waals surface area (Å²) in [6.07, 6.45) is 6.42. The maximum atomic E-state index is 14.7. The molecule has 7 fully saturated rings. The van der Waals surface area contributed by atoms with Gasteiger partial charge in [0.2, 0.25) is 0 Å². The van der Waals surface area contributed by atoms with Crippen molar-refractivity contribution < 1.29 is 39.1 Å². The molecule has 9 nitrogen and oxygen atoms in total. The Morgan fingerprint density at radius 3 is 2.45 bits per heavy atom. The van der Waals surface area contributed by atoms with Crippen LogP contribution in [0.3, 0.4) is 0 Å². The van der Waals surface area contributed by atoms with Gasteiger partial charge in [-0.25, -0.2) is 0 Å². The van der Waals surface area contributed by atoms with Crippen LogP contribution in [0.4, 0.5) is 0 Å². The van der Waals surface area contributed by atoms with Gasteiger partial charge in [0.25, 0.3) is 0 Å². The van der Waals surface area contributed by atoms with Gasteiger partial charge in [0, 0.05) is 32.5 Å². The second kappa shape index (κ2) is 12.9. The number of hydrogen-bond acceptors (Lipinski definition) is 8. The third kappa shape index (κ3) is 5.52. The lowest BCUT2D eigenvalue weighted by molar-refractivity contribution is -0.246. The summed E-state index contributed by atoms with van der Waals surface area (Å²) in [7, 11) is 0. The summed E-state index contributed by atoms with van der Waals surface area (Å²) < 4.78 is 25.5. The average molecular weight is 710 g/mol. The Labute approximate surface area is 304 Å². The first kappa shape index (κ1) is 37.4. The lowest BCUT2D eigenvalue weighted by Gasteiger charge is -2.59. The first-order chi connectivity index (χ1) is 23.6. The molecule has 13 unspecified atom stereocenters. The van der Waals surface area contributed by atoms with Crippen LogP contribution in [0.25, 0.3) is 0 Å². The Balaban J connectivity index is 0.00000406. The molecule has 0 amide bonds. The summed E-state index contributed by atoms with van der Waals surface area (Å²) in [5.74, 6) is 1.56. The molecule has 1 aromatic carbocycles. The number of aliphatic hydroxyl groups is 1. The molecule has 0 radical (unpaired) electrons. The molecule has 0 bridgehead atoms. The first-order valence-corrected chi connectivity index (χ1v) is 19.8. The highest BCUT2D eigenvalue weighted by molar-refractivity contribution is 5.90. The van der Waals surface area contributed by atoms with Gasteiger partial charge in [-0.2, -0.15) is 0 Å². The van der Waals surface area contributed by atoms with Crippen LogP contribution in [0.1, 0.15) is 105 Å². The molecule has 13 atom stereocenters. The molecule has 2 aliphatic heterocycles. The number of carbonyl (C=O) groups excluding carboxylic acids is 2. The zero-order valence-corrected chi connectivity index (χ0v) is 32.0. The second-order valence-corrected chi connectivity index (χ2v) is 18.9. The highest BCUT2D eigenvalue weighted by atomic mass is 16.7. The molecular formula is C42H63NO8. The lowest BCUT2D eigenvalue weighted by Crippen LogP contribution is -2.56. The topological polar surface area (TPSA) is 126 Å². The van der Waals surface area contributed by atoms with Crippen LogP contribution in [0.2, 0.25) is 0 Å². The van der Waals surface area contributed by atoms with Crippen molar-refractivity contribution in [2.24, 2.45) is 51.2 Å². The zero-order valence-electron chi connectivity index (χ0n) is 32.0. The summed E-state index contributed by atoms with van der Waals surface area (Å²) in [5, 5.41) is 10.9. The van der Waals surface area contributed by atoms with Gasteiger partial charge in [-0.1, -0.05) is 58.0 Å². The van der Waals surface area contributed by atoms with Gasteiger partial charge < -0.3 is 29.5 Å². The Morgan fingerprint density at radius 1 is 1.02 bits per heavy atom. The van der Waals surface area contributed by atoms with E-state index in [2.05, 4.69) is 62.9 Å². The van der Waals surface area contributed by atoms with E-state index in [-0.39, 0.29) is 57.1 Å². The molecule has 1 aromatic rings. The molecule has 284 valence electrons. The zero-order chi connectivity index (χ0) is 35.4. The first-order valence-electron chi connectivity index (χ1n) is 19.8. The fraction of sp³-hybridized carbons (Fsp3) is 0.810. The van der Waals surface area contributed by atoms with E-state index in [0.29, 0.717) is 30.8 Å². The minimum absolute atomic E-state index is 0. The van der Waals surface area contributed by atoms with E-state index < -0.39 is 29.9 Å². The largest absolute Gasteiger partial charge is 0.457 e. The van der Waals surface area contributed by atoms with Crippen LogP contribution in [-0.4, -0.2) is 83.2 Å². The Bertz CT molecular complexity index is 1480. The van der Waals surface area contributed by atoms with E-state index in [4.69, 9.17) is 18.9 Å². The van der Waals surface area contributed by atoms with Gasteiger partial charge in [0.15, 0.2) is 18.2 Å². The van der Waals surface area contributed by atoms with E-state index in [0.717, 1.165) is 51.7 Å². The van der Waals surface area contributed by atoms with Crippen molar-refractivity contribution in [2.75, 3.05) is 19.7 Å². The summed E-state index contributed by atoms with van der Waals surface area (Å²) in [6.45, 7) is 17.9. The fourth-order valence-corrected chi connectivity index (χ4v) is 14.0. The number of esters is 1. The van der Waals surface area contributed by atoms with Crippen molar-refractivity contribution in [1.29, 1.82) is 0 Å². The minimum Gasteiger partial charge on any atom is -0.457 e. The molecule has 3 N–H and O–H groups in total. The molecule has 51 heavy (non-hydrogen) atoms. The molecule has 2 heterocycles. The van der Waals surface area contributed by atoms with Crippen molar-refractivity contribution in [2.45, 2.75) is 143 Å². The van der Waals surface area contributed by atoms with Crippen molar-refractivity contribution >= 4 is 11.8 Å². The maximum absolute atomic E-state index is 14.7. The van der Waals surface area contributed by atoms with E-state index in [1.807, 2.05) is 0 Å². The van der Waals surface area contributed by atoms with Crippen LogP contribution < -0.4 is 0 Å². The highest BCUT2D eigenvalue weighted by Gasteiger charge is 2.85. The number of hydrogen-bond donors (Lipinski definition) is 1. The predicted octanol–water partition coefficient (Wildman–Crippen LogP) is 5.74. The van der Waals surface area contributed by atoms with Crippen molar-refractivity contribution in [3.8, 4) is 0 Å². The molecule has 2 saturated heterocycles. The number of benzene rings is 1. The van der Waals surface area contributed by atoms with Crippen molar-refractivity contribution in [3.05, 3.63) is 35.9 Å². The van der Waals surface area contributed by atoms with Gasteiger partial charge in [-0.3, -0.25) is 14.5 Å². The monoisotopic (exact) mass is 709 g/mol. The number of Topliss-reactive ketones (excluding diaryl/α,β-unsaturated/α-hetero) is 1. The normalized spacial score (nSPS) is 44.8. The quantitative estimate of drug-likeness (QED) is 0.356. The van der Waals surface area contributed by atoms with Crippen molar-refractivity contribution in [3.63, 3.8) is 0 Å². The number of ether oxygens (including phenoxy) is 4. The molecule has 9 heteroatoms. The van der Waals surface area contributed by atoms with Gasteiger partial charge in [-0.15, -0.1) is 0 Å². The predicted molar refractivity (Wildman–Crippen MR) is 192 cm³/mol. The molecule has 8 rings (SSSR count). The Kier molecular flexibility index (Phi) is 9.45. The van der Waals surface area contributed by atoms with Crippen LogP contribution in [-0.2, 0) is 35.1 Å². The third-order valence-corrected chi connectivity index (χ3v) is 16.0. The molecule has 5 saturated carbocycles. The van der Waals surface area contributed by atoms with E-state index in [1.165, 1.54) is 25.3 Å². The minimum atomic E-state index is -1.26. The number of fused-ring (bicyclic) bond motifs is 4. The summed E-state index contributed by atoms with van der Waals surface area (Å²) >= 11 is 0. The fourth-order valence-electron chi connectivity index (χ4n) is 14.0. The Hall–Kier alpha value is -1.88. The van der Waals surface area contributed by atoms with Crippen LogP contribution >= 0.6 is 0 Å². The molecule has 7 aliphatic rings. The molecular weight excluding hydrogens is 646 g/mol. The molecule has 5 aliphatic carbocycles. The maximum Gasteiger partial charge on any atom is 0.303 e. The lowest BCUT2D eigenvalue weighted by atomic mass is 9.46. The van der Waals surface area contributed by atoms with Gasteiger partial charge in [0.05, 0.1) is 24.4 Å². The average Bonchev–Trinajstić information content (AvgIpc) is 3.51. The Morgan fingerprint density at radius 2 is 1.75 bits per heavy atom. The van der Waals surface area contributed by atoms with E-state index in [1.54, 1.807) is 13.8 Å². The van der Waals surface area contributed by atoms with Crippen LogP contribution in [0, 0.1) is 51.2 Å². The number of nitrogens with zero attached hydrogens (tertiary/aromatic N) is 1. The van der Waals surface area contributed by atoms with Gasteiger partial charge in [-0.05, 0) is 116 Å². The molecule has 2 spiro atoms. The van der Waals surface area contributed by atoms with Crippen LogP contribution in [0.15, 0.2) is 30.3 Å². The van der Waals surface area contributed by atoms with Crippen LogP contribution in [0.5, 0.6) is 0 Å². The van der Waals surface area contributed by atoms with E-state index in [9.17, 15) is 14.7 Å². The second-order valence-electron chi connectivity index (χ2n) is 18.9.